The minimum absolute atomic E-state index is 0.262. The van der Waals surface area contributed by atoms with E-state index in [1.54, 1.807) is 39.0 Å². The number of anilines is 1. The van der Waals surface area contributed by atoms with Crippen LogP contribution < -0.4 is 15.8 Å². The summed E-state index contributed by atoms with van der Waals surface area (Å²) in [4.78, 5) is 22.8. The van der Waals surface area contributed by atoms with E-state index in [2.05, 4.69) is 5.32 Å². The van der Waals surface area contributed by atoms with E-state index >= 15 is 0 Å². The highest BCUT2D eigenvalue weighted by Crippen LogP contribution is 2.22. The number of benzene rings is 1. The Kier molecular flexibility index (Phi) is 5.62. The van der Waals surface area contributed by atoms with E-state index in [9.17, 15) is 9.59 Å². The van der Waals surface area contributed by atoms with Gasteiger partial charge in [0.15, 0.2) is 6.04 Å². The first kappa shape index (κ1) is 17.6. The van der Waals surface area contributed by atoms with Crippen molar-refractivity contribution in [3.05, 3.63) is 23.8 Å². The Bertz CT molecular complexity index is 551. The molecule has 4 N–H and O–H groups in total. The van der Waals surface area contributed by atoms with Crippen molar-refractivity contribution in [2.24, 2.45) is 0 Å². The van der Waals surface area contributed by atoms with Gasteiger partial charge in [-0.05, 0) is 45.4 Å². The van der Waals surface area contributed by atoms with Crippen molar-refractivity contribution in [2.75, 3.05) is 12.3 Å². The summed E-state index contributed by atoms with van der Waals surface area (Å²) < 4.78 is 10.4. The Morgan fingerprint density at radius 1 is 1.36 bits per heavy atom. The van der Waals surface area contributed by atoms with Crippen molar-refractivity contribution < 1.29 is 24.2 Å². The maximum absolute atomic E-state index is 11.6. The minimum Gasteiger partial charge on any atom is -0.489 e. The number of aliphatic carboxylic acids is 1. The molecule has 1 amide bonds. The Balaban J connectivity index is 2.65. The summed E-state index contributed by atoms with van der Waals surface area (Å²) in [5, 5.41) is 11.4. The molecule has 0 saturated heterocycles. The predicted octanol–water partition coefficient (Wildman–Crippen LogP) is 1.93. The van der Waals surface area contributed by atoms with Crippen LogP contribution in [-0.2, 0) is 9.53 Å². The Hall–Kier alpha value is -2.44. The van der Waals surface area contributed by atoms with Crippen LogP contribution in [0.15, 0.2) is 18.2 Å². The Morgan fingerprint density at radius 3 is 2.50 bits per heavy atom. The highest BCUT2D eigenvalue weighted by atomic mass is 16.6. The first-order chi connectivity index (χ1) is 10.1. The summed E-state index contributed by atoms with van der Waals surface area (Å²) in [6, 6.07) is 3.92. The highest BCUT2D eigenvalue weighted by Gasteiger charge is 2.24. The second kappa shape index (κ2) is 7.02. The number of carbonyl (C=O) groups excluding carboxylic acids is 1. The van der Waals surface area contributed by atoms with Crippen LogP contribution in [0.1, 0.15) is 26.3 Å². The van der Waals surface area contributed by atoms with E-state index in [1.807, 2.05) is 6.92 Å². The Morgan fingerprint density at radius 2 is 2.00 bits per heavy atom. The van der Waals surface area contributed by atoms with Gasteiger partial charge >= 0.3 is 12.1 Å². The van der Waals surface area contributed by atoms with Crippen LogP contribution in [0.4, 0.5) is 10.5 Å². The van der Waals surface area contributed by atoms with Gasteiger partial charge in [-0.1, -0.05) is 6.07 Å². The molecule has 0 spiro atoms. The number of nitrogens with two attached hydrogens (primary N) is 1. The zero-order chi connectivity index (χ0) is 16.9. The van der Waals surface area contributed by atoms with Gasteiger partial charge in [0.1, 0.15) is 18.0 Å². The molecule has 1 atom stereocenters. The quantitative estimate of drug-likeness (QED) is 0.717. The lowest BCUT2D eigenvalue weighted by molar-refractivity contribution is -0.140. The van der Waals surface area contributed by atoms with E-state index in [1.165, 1.54) is 0 Å². The minimum atomic E-state index is -1.24. The molecule has 0 aliphatic rings. The number of carbonyl (C=O) groups is 2. The molecule has 0 heterocycles. The summed E-state index contributed by atoms with van der Waals surface area (Å²) in [6.07, 6.45) is -0.819. The number of hydrogen-bond donors (Lipinski definition) is 3. The third kappa shape index (κ3) is 5.90. The molecule has 0 aliphatic heterocycles. The van der Waals surface area contributed by atoms with Crippen molar-refractivity contribution in [1.82, 2.24) is 5.32 Å². The van der Waals surface area contributed by atoms with E-state index in [0.29, 0.717) is 11.4 Å². The molecule has 1 aromatic carbocycles. The SMILES string of the molecule is Cc1ccc(OCC(NC(=O)OC(C)(C)C)C(=O)O)c(N)c1. The van der Waals surface area contributed by atoms with Gasteiger partial charge in [0, 0.05) is 0 Å². The van der Waals surface area contributed by atoms with Gasteiger partial charge in [0.25, 0.3) is 0 Å². The number of alkyl carbamates (subject to hydrolysis) is 1. The van der Waals surface area contributed by atoms with Crippen LogP contribution in [0.2, 0.25) is 0 Å². The van der Waals surface area contributed by atoms with E-state index in [-0.39, 0.29) is 6.61 Å². The van der Waals surface area contributed by atoms with Gasteiger partial charge in [-0.3, -0.25) is 0 Å². The number of carboxylic acids is 1. The van der Waals surface area contributed by atoms with Crippen LogP contribution in [0.25, 0.3) is 0 Å². The second-order valence-electron chi connectivity index (χ2n) is 5.89. The number of aryl methyl sites for hydroxylation is 1. The molecular formula is C15H22N2O5. The number of nitrogen functional groups attached to an aromatic ring is 1. The topological polar surface area (TPSA) is 111 Å². The number of ether oxygens (including phenoxy) is 2. The molecule has 0 radical (unpaired) electrons. The van der Waals surface area contributed by atoms with Gasteiger partial charge < -0.3 is 25.6 Å². The summed E-state index contributed by atoms with van der Waals surface area (Å²) >= 11 is 0. The first-order valence-electron chi connectivity index (χ1n) is 6.80. The maximum atomic E-state index is 11.6. The smallest absolute Gasteiger partial charge is 0.408 e. The maximum Gasteiger partial charge on any atom is 0.408 e. The van der Waals surface area contributed by atoms with Crippen molar-refractivity contribution in [1.29, 1.82) is 0 Å². The largest absolute Gasteiger partial charge is 0.489 e. The van der Waals surface area contributed by atoms with E-state index < -0.39 is 23.7 Å². The summed E-state index contributed by atoms with van der Waals surface area (Å²) in [5.41, 5.74) is 6.44. The second-order valence-corrected chi connectivity index (χ2v) is 5.89. The van der Waals surface area contributed by atoms with Crippen LogP contribution in [0, 0.1) is 6.92 Å². The molecule has 1 rings (SSSR count). The lowest BCUT2D eigenvalue weighted by atomic mass is 10.2. The number of amides is 1. The fourth-order valence-electron chi connectivity index (χ4n) is 1.60. The summed E-state index contributed by atoms with van der Waals surface area (Å²) in [5.74, 6) is -0.862. The van der Waals surface area contributed by atoms with Crippen molar-refractivity contribution in [3.8, 4) is 5.75 Å². The van der Waals surface area contributed by atoms with E-state index in [4.69, 9.17) is 20.3 Å². The molecule has 0 aromatic heterocycles. The average Bonchev–Trinajstić information content (AvgIpc) is 2.33. The van der Waals surface area contributed by atoms with Crippen molar-refractivity contribution >= 4 is 17.7 Å². The van der Waals surface area contributed by atoms with Crippen LogP contribution in [0.5, 0.6) is 5.75 Å². The van der Waals surface area contributed by atoms with E-state index in [0.717, 1.165) is 5.56 Å². The highest BCUT2D eigenvalue weighted by molar-refractivity contribution is 5.80. The fraction of sp³-hybridized carbons (Fsp3) is 0.467. The molecule has 1 unspecified atom stereocenters. The monoisotopic (exact) mass is 310 g/mol. The molecule has 7 heteroatoms. The standard InChI is InChI=1S/C15H22N2O5/c1-9-5-6-12(10(16)7-9)21-8-11(13(18)19)17-14(20)22-15(2,3)4/h5-7,11H,8,16H2,1-4H3,(H,17,20)(H,18,19). The van der Waals surface area contributed by atoms with Gasteiger partial charge in [-0.25, -0.2) is 9.59 Å². The van der Waals surface area contributed by atoms with Crippen LogP contribution >= 0.6 is 0 Å². The van der Waals surface area contributed by atoms with Crippen molar-refractivity contribution in [2.45, 2.75) is 39.3 Å². The summed E-state index contributed by atoms with van der Waals surface area (Å²) in [6.45, 7) is 6.68. The third-order valence-electron chi connectivity index (χ3n) is 2.56. The lowest BCUT2D eigenvalue weighted by Gasteiger charge is -2.22. The molecule has 0 aliphatic carbocycles. The number of rotatable bonds is 5. The lowest BCUT2D eigenvalue weighted by Crippen LogP contribution is -2.46. The molecule has 22 heavy (non-hydrogen) atoms. The number of carboxylic acid groups (broad SMARTS) is 1. The van der Waals surface area contributed by atoms with Gasteiger partial charge in [-0.15, -0.1) is 0 Å². The van der Waals surface area contributed by atoms with Gasteiger partial charge in [0.2, 0.25) is 0 Å². The van der Waals surface area contributed by atoms with Gasteiger partial charge in [0.05, 0.1) is 5.69 Å². The average molecular weight is 310 g/mol. The molecule has 7 nitrogen and oxygen atoms in total. The molecule has 122 valence electrons. The zero-order valence-electron chi connectivity index (χ0n) is 13.2. The number of nitrogens with one attached hydrogen (secondary N) is 1. The first-order valence-corrected chi connectivity index (χ1v) is 6.80. The summed E-state index contributed by atoms with van der Waals surface area (Å²) in [7, 11) is 0. The van der Waals surface area contributed by atoms with Crippen molar-refractivity contribution in [3.63, 3.8) is 0 Å². The Labute approximate surface area is 129 Å². The normalized spacial score (nSPS) is 12.4. The molecule has 0 fully saturated rings. The zero-order valence-corrected chi connectivity index (χ0v) is 13.2. The van der Waals surface area contributed by atoms with Crippen LogP contribution in [-0.4, -0.2) is 35.4 Å². The molecular weight excluding hydrogens is 288 g/mol. The fourth-order valence-corrected chi connectivity index (χ4v) is 1.60. The van der Waals surface area contributed by atoms with Crippen LogP contribution in [0.3, 0.4) is 0 Å². The molecule has 0 saturated carbocycles. The molecule has 1 aromatic rings. The molecule has 0 bridgehead atoms. The van der Waals surface area contributed by atoms with Gasteiger partial charge in [-0.2, -0.15) is 0 Å². The predicted molar refractivity (Wildman–Crippen MR) is 81.9 cm³/mol. The third-order valence-corrected chi connectivity index (χ3v) is 2.56. The number of hydrogen-bond acceptors (Lipinski definition) is 5.